The van der Waals surface area contributed by atoms with E-state index in [1.54, 1.807) is 12.1 Å². The van der Waals surface area contributed by atoms with Crippen LogP contribution in [0.3, 0.4) is 0 Å². The molecule has 0 spiro atoms. The van der Waals surface area contributed by atoms with Crippen LogP contribution in [0.5, 0.6) is 0 Å². The van der Waals surface area contributed by atoms with Crippen LogP contribution in [-0.2, 0) is 4.74 Å². The average molecular weight is 290 g/mol. The molecule has 21 heavy (non-hydrogen) atoms. The summed E-state index contributed by atoms with van der Waals surface area (Å²) >= 11 is 0. The lowest BCUT2D eigenvalue weighted by Crippen LogP contribution is -2.28. The van der Waals surface area contributed by atoms with Crippen molar-refractivity contribution in [2.75, 3.05) is 24.7 Å². The zero-order valence-electron chi connectivity index (χ0n) is 13.4. The van der Waals surface area contributed by atoms with Gasteiger partial charge in [-0.2, -0.15) is 0 Å². The van der Waals surface area contributed by atoms with Gasteiger partial charge in [0.2, 0.25) is 0 Å². The lowest BCUT2D eigenvalue weighted by Gasteiger charge is -2.31. The number of ether oxygens (including phenoxy) is 1. The van der Waals surface area contributed by atoms with Crippen LogP contribution in [0.15, 0.2) is 18.2 Å². The van der Waals surface area contributed by atoms with Crippen LogP contribution >= 0.6 is 0 Å². The summed E-state index contributed by atoms with van der Waals surface area (Å²) in [6, 6.07) is 5.34. The molecule has 1 aliphatic carbocycles. The van der Waals surface area contributed by atoms with Gasteiger partial charge in [0.1, 0.15) is 6.10 Å². The predicted octanol–water partition coefficient (Wildman–Crippen LogP) is 3.32. The van der Waals surface area contributed by atoms with Gasteiger partial charge in [0.25, 0.3) is 0 Å². The van der Waals surface area contributed by atoms with Crippen molar-refractivity contribution in [2.24, 2.45) is 11.8 Å². The van der Waals surface area contributed by atoms with Gasteiger partial charge in [0.15, 0.2) is 0 Å². The van der Waals surface area contributed by atoms with Crippen LogP contribution in [0.1, 0.15) is 43.5 Å². The van der Waals surface area contributed by atoms with Gasteiger partial charge in [-0.3, -0.25) is 0 Å². The van der Waals surface area contributed by atoms with Crippen LogP contribution in [0.25, 0.3) is 0 Å². The molecule has 4 heteroatoms. The molecule has 116 valence electrons. The smallest absolute Gasteiger partial charge is 0.338 e. The third-order valence-corrected chi connectivity index (χ3v) is 4.57. The zero-order valence-corrected chi connectivity index (χ0v) is 13.4. The van der Waals surface area contributed by atoms with Crippen molar-refractivity contribution < 1.29 is 9.53 Å². The number of hydrogen-bond acceptors (Lipinski definition) is 4. The molecule has 1 aliphatic rings. The van der Waals surface area contributed by atoms with E-state index < -0.39 is 0 Å². The lowest BCUT2D eigenvalue weighted by molar-refractivity contribution is 0.00879. The number of nitrogens with zero attached hydrogens (tertiary/aromatic N) is 1. The summed E-state index contributed by atoms with van der Waals surface area (Å²) in [6.45, 7) is 4.50. The molecule has 1 fully saturated rings. The van der Waals surface area contributed by atoms with Crippen LogP contribution < -0.4 is 10.6 Å². The Hall–Kier alpha value is -1.71. The summed E-state index contributed by atoms with van der Waals surface area (Å²) in [4.78, 5) is 14.2. The fraction of sp³-hybridized carbons (Fsp3) is 0.588. The van der Waals surface area contributed by atoms with E-state index in [1.165, 1.54) is 0 Å². The first-order chi connectivity index (χ1) is 9.88. The van der Waals surface area contributed by atoms with Crippen molar-refractivity contribution in [3.8, 4) is 0 Å². The minimum atomic E-state index is -0.265. The van der Waals surface area contributed by atoms with Crippen molar-refractivity contribution in [1.29, 1.82) is 0 Å². The highest BCUT2D eigenvalue weighted by atomic mass is 16.5. The summed E-state index contributed by atoms with van der Waals surface area (Å²) in [5.41, 5.74) is 8.02. The first-order valence-electron chi connectivity index (χ1n) is 7.66. The molecule has 0 radical (unpaired) electrons. The van der Waals surface area contributed by atoms with Crippen LogP contribution in [-0.4, -0.2) is 26.2 Å². The Bertz CT molecular complexity index is 514. The summed E-state index contributed by atoms with van der Waals surface area (Å²) in [6.07, 6.45) is 3.08. The van der Waals surface area contributed by atoms with Gasteiger partial charge in [0.05, 0.1) is 16.9 Å². The Morgan fingerprint density at radius 1 is 1.24 bits per heavy atom. The Balaban J connectivity index is 2.02. The molecule has 3 unspecified atom stereocenters. The van der Waals surface area contributed by atoms with E-state index in [0.717, 1.165) is 30.9 Å². The second-order valence-electron chi connectivity index (χ2n) is 6.46. The Morgan fingerprint density at radius 2 is 1.95 bits per heavy atom. The highest BCUT2D eigenvalue weighted by Crippen LogP contribution is 2.31. The highest BCUT2D eigenvalue weighted by Gasteiger charge is 2.27. The number of benzene rings is 1. The van der Waals surface area contributed by atoms with Crippen molar-refractivity contribution in [3.05, 3.63) is 23.8 Å². The molecule has 0 aromatic heterocycles. The van der Waals surface area contributed by atoms with E-state index in [0.29, 0.717) is 17.2 Å². The maximum atomic E-state index is 12.2. The summed E-state index contributed by atoms with van der Waals surface area (Å²) < 4.78 is 5.64. The van der Waals surface area contributed by atoms with Gasteiger partial charge in [-0.15, -0.1) is 0 Å². The van der Waals surface area contributed by atoms with Gasteiger partial charge in [-0.05, 0) is 49.3 Å². The highest BCUT2D eigenvalue weighted by molar-refractivity contribution is 5.92. The topological polar surface area (TPSA) is 55.6 Å². The normalized spacial score (nSPS) is 25.4. The minimum Gasteiger partial charge on any atom is -0.459 e. The fourth-order valence-electron chi connectivity index (χ4n) is 2.91. The van der Waals surface area contributed by atoms with Gasteiger partial charge >= 0.3 is 5.97 Å². The molecule has 1 aromatic carbocycles. The SMILES string of the molecule is CC1CCC(OC(=O)c2ccc(N(C)C)c(N)c2)CC1C. The van der Waals surface area contributed by atoms with Crippen LogP contribution in [0.2, 0.25) is 0 Å². The van der Waals surface area contributed by atoms with E-state index in [2.05, 4.69) is 13.8 Å². The molecule has 0 heterocycles. The van der Waals surface area contributed by atoms with E-state index >= 15 is 0 Å². The van der Waals surface area contributed by atoms with E-state index in [-0.39, 0.29) is 12.1 Å². The molecule has 2 rings (SSSR count). The molecule has 0 amide bonds. The third-order valence-electron chi connectivity index (χ3n) is 4.57. The molecule has 0 bridgehead atoms. The number of rotatable bonds is 3. The summed E-state index contributed by atoms with van der Waals surface area (Å²) in [7, 11) is 3.85. The van der Waals surface area contributed by atoms with Crippen molar-refractivity contribution in [1.82, 2.24) is 0 Å². The molecule has 1 aromatic rings. The van der Waals surface area contributed by atoms with Crippen molar-refractivity contribution >= 4 is 17.3 Å². The first-order valence-corrected chi connectivity index (χ1v) is 7.66. The quantitative estimate of drug-likeness (QED) is 0.685. The number of carbonyl (C=O) groups is 1. The number of anilines is 2. The molecule has 2 N–H and O–H groups in total. The maximum Gasteiger partial charge on any atom is 0.338 e. The first kappa shape index (κ1) is 15.7. The standard InChI is InChI=1S/C17H26N2O2/c1-11-5-7-14(9-12(11)2)21-17(20)13-6-8-16(19(3)4)15(18)10-13/h6,8,10-12,14H,5,7,9,18H2,1-4H3. The number of carbonyl (C=O) groups excluding carboxylic acids is 1. The molecular weight excluding hydrogens is 264 g/mol. The molecule has 4 nitrogen and oxygen atoms in total. The number of esters is 1. The van der Waals surface area contributed by atoms with E-state index in [4.69, 9.17) is 10.5 Å². The number of nitrogen functional groups attached to an aromatic ring is 1. The fourth-order valence-corrected chi connectivity index (χ4v) is 2.91. The summed E-state index contributed by atoms with van der Waals surface area (Å²) in [5.74, 6) is 1.06. The second kappa shape index (κ2) is 6.37. The molecule has 3 atom stereocenters. The van der Waals surface area contributed by atoms with Gasteiger partial charge in [0, 0.05) is 14.1 Å². The molecule has 0 aliphatic heterocycles. The van der Waals surface area contributed by atoms with Gasteiger partial charge in [-0.25, -0.2) is 4.79 Å². The Kier molecular flexibility index (Phi) is 4.76. The molecule has 1 saturated carbocycles. The van der Waals surface area contributed by atoms with Crippen molar-refractivity contribution in [2.45, 2.75) is 39.2 Å². The lowest BCUT2D eigenvalue weighted by atomic mass is 9.80. The zero-order chi connectivity index (χ0) is 15.6. The van der Waals surface area contributed by atoms with E-state index in [9.17, 15) is 4.79 Å². The van der Waals surface area contributed by atoms with Gasteiger partial charge < -0.3 is 15.4 Å². The van der Waals surface area contributed by atoms with Crippen LogP contribution in [0.4, 0.5) is 11.4 Å². The largest absolute Gasteiger partial charge is 0.459 e. The predicted molar refractivity (Wildman–Crippen MR) is 86.6 cm³/mol. The number of nitrogens with two attached hydrogens (primary N) is 1. The molecule has 0 saturated heterocycles. The maximum absolute atomic E-state index is 12.2. The minimum absolute atomic E-state index is 0.0402. The third kappa shape index (κ3) is 3.69. The van der Waals surface area contributed by atoms with E-state index in [1.807, 2.05) is 25.1 Å². The number of hydrogen-bond donors (Lipinski definition) is 1. The average Bonchev–Trinajstić information content (AvgIpc) is 2.42. The Morgan fingerprint density at radius 3 is 2.52 bits per heavy atom. The monoisotopic (exact) mass is 290 g/mol. The van der Waals surface area contributed by atoms with Crippen molar-refractivity contribution in [3.63, 3.8) is 0 Å². The van der Waals surface area contributed by atoms with Crippen LogP contribution in [0, 0.1) is 11.8 Å². The van der Waals surface area contributed by atoms with Gasteiger partial charge in [-0.1, -0.05) is 13.8 Å². The molecular formula is C17H26N2O2. The second-order valence-corrected chi connectivity index (χ2v) is 6.46. The summed E-state index contributed by atoms with van der Waals surface area (Å²) in [5, 5.41) is 0. The Labute approximate surface area is 127 Å².